The third-order valence-corrected chi connectivity index (χ3v) is 4.70. The fourth-order valence-corrected chi connectivity index (χ4v) is 3.32. The Morgan fingerprint density at radius 1 is 1.14 bits per heavy atom. The first kappa shape index (κ1) is 18.3. The molecule has 1 spiro atoms. The van der Waals surface area contributed by atoms with Gasteiger partial charge >= 0.3 is 0 Å². The van der Waals surface area contributed by atoms with Gasteiger partial charge in [0.05, 0.1) is 0 Å². The second-order valence-electron chi connectivity index (χ2n) is 5.83. The zero-order valence-electron chi connectivity index (χ0n) is 12.2. The summed E-state index contributed by atoms with van der Waals surface area (Å²) in [5.41, 5.74) is 0.508. The van der Waals surface area contributed by atoms with Gasteiger partial charge in [-0.1, -0.05) is 0 Å². The van der Waals surface area contributed by atoms with Gasteiger partial charge in [0.1, 0.15) is 6.54 Å². The molecule has 0 saturated carbocycles. The number of likely N-dealkylation sites (tertiary alicyclic amines) is 1. The highest BCUT2D eigenvalue weighted by Crippen LogP contribution is 2.39. The van der Waals surface area contributed by atoms with Crippen LogP contribution in [0, 0.1) is 5.41 Å². The van der Waals surface area contributed by atoms with E-state index < -0.39 is 0 Å². The van der Waals surface area contributed by atoms with Crippen molar-refractivity contribution in [3.05, 3.63) is 18.5 Å². The highest BCUT2D eigenvalue weighted by atomic mass is 35.5. The molecular weight excluding hydrogens is 311 g/mol. The Morgan fingerprint density at radius 3 is 2.38 bits per heavy atom. The number of carbonyl (C=O) groups excluding carboxylic acids is 1. The summed E-state index contributed by atoms with van der Waals surface area (Å²) >= 11 is 0. The highest BCUT2D eigenvalue weighted by Gasteiger charge is 2.36. The Kier molecular flexibility index (Phi) is 6.97. The lowest BCUT2D eigenvalue weighted by molar-refractivity contribution is -0.134. The van der Waals surface area contributed by atoms with Crippen molar-refractivity contribution in [2.24, 2.45) is 5.41 Å². The van der Waals surface area contributed by atoms with Crippen LogP contribution in [0.4, 0.5) is 0 Å². The van der Waals surface area contributed by atoms with Crippen molar-refractivity contribution < 1.29 is 4.79 Å². The largest absolute Gasteiger partial charge is 0.341 e. The van der Waals surface area contributed by atoms with Gasteiger partial charge in [-0.25, -0.2) is 0 Å². The monoisotopic (exact) mass is 334 g/mol. The van der Waals surface area contributed by atoms with Gasteiger partial charge in [0.25, 0.3) is 0 Å². The Hall–Kier alpha value is -0.780. The van der Waals surface area contributed by atoms with Crippen molar-refractivity contribution in [1.29, 1.82) is 0 Å². The molecule has 5 nitrogen and oxygen atoms in total. The van der Waals surface area contributed by atoms with Gasteiger partial charge in [-0.3, -0.25) is 9.48 Å². The Bertz CT molecular complexity index is 422. The van der Waals surface area contributed by atoms with Crippen LogP contribution in [0.5, 0.6) is 0 Å². The minimum absolute atomic E-state index is 0. The normalized spacial score (nSPS) is 20.5. The molecule has 2 aliphatic heterocycles. The highest BCUT2D eigenvalue weighted by molar-refractivity contribution is 5.85. The van der Waals surface area contributed by atoms with Crippen LogP contribution >= 0.6 is 24.8 Å². The van der Waals surface area contributed by atoms with E-state index in [2.05, 4.69) is 10.4 Å². The van der Waals surface area contributed by atoms with Crippen LogP contribution in [0.1, 0.15) is 25.7 Å². The average molecular weight is 335 g/mol. The van der Waals surface area contributed by atoms with Crippen LogP contribution < -0.4 is 5.32 Å². The maximum atomic E-state index is 12.2. The van der Waals surface area contributed by atoms with Gasteiger partial charge < -0.3 is 10.2 Å². The SMILES string of the molecule is Cl.Cl.O=C(Cn1cccn1)N1CCC2(CCNCC2)CC1. The molecule has 1 aromatic rings. The molecule has 2 saturated heterocycles. The van der Waals surface area contributed by atoms with E-state index >= 15 is 0 Å². The summed E-state index contributed by atoms with van der Waals surface area (Å²) in [5, 5.41) is 7.52. The van der Waals surface area contributed by atoms with E-state index in [0.717, 1.165) is 26.2 Å². The standard InChI is InChI=1S/C14H22N4O.2ClH/c19-13(12-18-9-1-6-16-18)17-10-4-14(5-11-17)2-7-15-8-3-14;;/h1,6,9,15H,2-5,7-8,10-12H2;2*1H. The van der Waals surface area contributed by atoms with Crippen LogP contribution in [-0.4, -0.2) is 46.8 Å². The second kappa shape index (κ2) is 8.01. The quantitative estimate of drug-likeness (QED) is 0.895. The maximum absolute atomic E-state index is 12.2. The lowest BCUT2D eigenvalue weighted by atomic mass is 9.71. The molecule has 2 aliphatic rings. The molecule has 21 heavy (non-hydrogen) atoms. The van der Waals surface area contributed by atoms with Crippen molar-refractivity contribution in [1.82, 2.24) is 20.0 Å². The fourth-order valence-electron chi connectivity index (χ4n) is 3.32. The zero-order valence-corrected chi connectivity index (χ0v) is 13.8. The molecule has 120 valence electrons. The molecular formula is C14H24Cl2N4O. The number of halogens is 2. The van der Waals surface area contributed by atoms with Crippen molar-refractivity contribution in [2.45, 2.75) is 32.2 Å². The molecule has 0 aromatic carbocycles. The van der Waals surface area contributed by atoms with E-state index in [0.29, 0.717) is 12.0 Å². The summed E-state index contributed by atoms with van der Waals surface area (Å²) in [4.78, 5) is 14.2. The second-order valence-corrected chi connectivity index (χ2v) is 5.83. The average Bonchev–Trinajstić information content (AvgIpc) is 2.93. The number of rotatable bonds is 2. The smallest absolute Gasteiger partial charge is 0.244 e. The van der Waals surface area contributed by atoms with Crippen molar-refractivity contribution in [2.75, 3.05) is 26.2 Å². The summed E-state index contributed by atoms with van der Waals surface area (Å²) in [5.74, 6) is 0.201. The zero-order chi connectivity index (χ0) is 13.1. The molecule has 1 amide bonds. The lowest BCUT2D eigenvalue weighted by Gasteiger charge is -2.44. The molecule has 2 fully saturated rings. The Morgan fingerprint density at radius 2 is 1.81 bits per heavy atom. The molecule has 1 aromatic heterocycles. The number of hydrogen-bond donors (Lipinski definition) is 1. The van der Waals surface area contributed by atoms with Gasteiger partial charge in [0.2, 0.25) is 5.91 Å². The molecule has 0 radical (unpaired) electrons. The van der Waals surface area contributed by atoms with E-state index in [9.17, 15) is 4.79 Å². The first-order valence-corrected chi connectivity index (χ1v) is 7.23. The Labute approximate surface area is 138 Å². The van der Waals surface area contributed by atoms with Gasteiger partial charge in [-0.2, -0.15) is 5.10 Å². The molecule has 7 heteroatoms. The molecule has 3 heterocycles. The molecule has 0 aliphatic carbocycles. The molecule has 0 atom stereocenters. The van der Waals surface area contributed by atoms with Gasteiger partial charge in [0.15, 0.2) is 0 Å². The van der Waals surface area contributed by atoms with Crippen molar-refractivity contribution in [3.8, 4) is 0 Å². The van der Waals surface area contributed by atoms with Gasteiger partial charge in [-0.15, -0.1) is 24.8 Å². The number of nitrogens with zero attached hydrogens (tertiary/aromatic N) is 3. The maximum Gasteiger partial charge on any atom is 0.244 e. The first-order chi connectivity index (χ1) is 9.27. The van der Waals surface area contributed by atoms with E-state index in [-0.39, 0.29) is 30.7 Å². The number of nitrogens with one attached hydrogen (secondary N) is 1. The number of hydrogen-bond acceptors (Lipinski definition) is 3. The van der Waals surface area contributed by atoms with E-state index in [1.807, 2.05) is 17.2 Å². The lowest BCUT2D eigenvalue weighted by Crippen LogP contribution is -2.47. The summed E-state index contributed by atoms with van der Waals surface area (Å²) < 4.78 is 1.71. The summed E-state index contributed by atoms with van der Waals surface area (Å²) in [6.45, 7) is 4.49. The number of carbonyl (C=O) groups is 1. The van der Waals surface area contributed by atoms with Crippen molar-refractivity contribution in [3.63, 3.8) is 0 Å². The topological polar surface area (TPSA) is 50.2 Å². The molecule has 0 unspecified atom stereocenters. The van der Waals surface area contributed by atoms with E-state index in [1.165, 1.54) is 25.7 Å². The molecule has 0 bridgehead atoms. The minimum Gasteiger partial charge on any atom is -0.341 e. The molecule has 1 N–H and O–H groups in total. The van der Waals surface area contributed by atoms with E-state index in [1.54, 1.807) is 10.9 Å². The third kappa shape index (κ3) is 4.34. The summed E-state index contributed by atoms with van der Waals surface area (Å²) in [7, 11) is 0. The van der Waals surface area contributed by atoms with Crippen LogP contribution in [0.3, 0.4) is 0 Å². The van der Waals surface area contributed by atoms with E-state index in [4.69, 9.17) is 0 Å². The number of aromatic nitrogens is 2. The first-order valence-electron chi connectivity index (χ1n) is 7.23. The van der Waals surface area contributed by atoms with Crippen LogP contribution in [-0.2, 0) is 11.3 Å². The summed E-state index contributed by atoms with van der Waals surface area (Å²) in [6, 6.07) is 1.85. The predicted octanol–water partition coefficient (Wildman–Crippen LogP) is 1.72. The van der Waals surface area contributed by atoms with Gasteiger partial charge in [-0.05, 0) is 50.3 Å². The fraction of sp³-hybridized carbons (Fsp3) is 0.714. The number of amides is 1. The van der Waals surface area contributed by atoms with Crippen LogP contribution in [0.15, 0.2) is 18.5 Å². The van der Waals surface area contributed by atoms with Gasteiger partial charge in [0, 0.05) is 25.5 Å². The minimum atomic E-state index is 0. The third-order valence-electron chi connectivity index (χ3n) is 4.70. The van der Waals surface area contributed by atoms with Crippen LogP contribution in [0.2, 0.25) is 0 Å². The predicted molar refractivity (Wildman–Crippen MR) is 87.1 cm³/mol. The number of piperidine rings is 2. The van der Waals surface area contributed by atoms with Crippen molar-refractivity contribution >= 4 is 30.7 Å². The summed E-state index contributed by atoms with van der Waals surface area (Å²) in [6.07, 6.45) is 8.44. The van der Waals surface area contributed by atoms with Crippen LogP contribution in [0.25, 0.3) is 0 Å². The Balaban J connectivity index is 0.00000110. The molecule has 3 rings (SSSR count).